The maximum Gasteiger partial charge on any atom is 0.251 e. The lowest BCUT2D eigenvalue weighted by Crippen LogP contribution is -2.37. The van der Waals surface area contributed by atoms with Gasteiger partial charge in [-0.25, -0.2) is 18.9 Å². The summed E-state index contributed by atoms with van der Waals surface area (Å²) in [6.45, 7) is 6.39. The molecule has 0 bridgehead atoms. The van der Waals surface area contributed by atoms with Crippen LogP contribution in [0.2, 0.25) is 0 Å². The lowest BCUT2D eigenvalue weighted by molar-refractivity contribution is 0.0963. The number of ether oxygens (including phenoxy) is 1. The molecule has 4 aromatic rings. The average molecular weight is 565 g/mol. The summed E-state index contributed by atoms with van der Waals surface area (Å²) in [5.74, 6) is 0.598. The smallest absolute Gasteiger partial charge is 0.251 e. The average Bonchev–Trinajstić information content (AvgIpc) is 3.75. The molecule has 1 atom stereocenters. The molecular formula is C30H36FN7O3. The second-order valence-electron chi connectivity index (χ2n) is 11.1. The Labute approximate surface area is 242 Å². The number of carbonyl (C=O) groups is 1. The number of hydrogen-bond acceptors (Lipinski definition) is 8. The van der Waals surface area contributed by atoms with E-state index in [1.54, 1.807) is 12.4 Å². The highest BCUT2D eigenvalue weighted by molar-refractivity contribution is 5.96. The molecule has 11 heteroatoms. The van der Waals surface area contributed by atoms with Gasteiger partial charge in [-0.05, 0) is 70.8 Å². The minimum Gasteiger partial charge on any atom is -0.440 e. The van der Waals surface area contributed by atoms with Gasteiger partial charge in [0.05, 0.1) is 30.6 Å². The van der Waals surface area contributed by atoms with Crippen molar-refractivity contribution in [3.05, 3.63) is 53.6 Å². The third kappa shape index (κ3) is 5.31. The first-order valence-corrected chi connectivity index (χ1v) is 14.0. The number of nitrogens with one attached hydrogen (secondary N) is 2. The van der Waals surface area contributed by atoms with Gasteiger partial charge in [-0.1, -0.05) is 0 Å². The van der Waals surface area contributed by atoms with Crippen molar-refractivity contribution in [2.45, 2.75) is 58.0 Å². The van der Waals surface area contributed by atoms with E-state index in [1.807, 2.05) is 5.32 Å². The van der Waals surface area contributed by atoms with Gasteiger partial charge in [0.25, 0.3) is 5.91 Å². The largest absolute Gasteiger partial charge is 0.440 e. The molecule has 2 aliphatic rings. The number of halogens is 1. The number of oxazole rings is 1. The Morgan fingerprint density at radius 3 is 2.73 bits per heavy atom. The normalized spacial score (nSPS) is 19.8. The molecule has 5 heterocycles. The van der Waals surface area contributed by atoms with Crippen molar-refractivity contribution in [3.8, 4) is 22.5 Å². The van der Waals surface area contributed by atoms with Crippen molar-refractivity contribution in [2.75, 3.05) is 38.6 Å². The molecule has 0 radical (unpaired) electrons. The molecule has 0 unspecified atom stereocenters. The zero-order valence-corrected chi connectivity index (χ0v) is 23.4. The van der Waals surface area contributed by atoms with E-state index in [4.69, 9.17) is 18.3 Å². The van der Waals surface area contributed by atoms with Crippen LogP contribution in [-0.2, 0) is 4.74 Å². The molecule has 3 aromatic heterocycles. The van der Waals surface area contributed by atoms with E-state index in [-0.39, 0.29) is 28.7 Å². The Hall–Kier alpha value is -3.83. The molecule has 2 aliphatic heterocycles. The maximum absolute atomic E-state index is 15.5. The summed E-state index contributed by atoms with van der Waals surface area (Å²) in [7, 11) is 0. The van der Waals surface area contributed by atoms with Gasteiger partial charge in [0, 0.05) is 52.5 Å². The van der Waals surface area contributed by atoms with Crippen LogP contribution in [0, 0.1) is 12.7 Å². The fourth-order valence-electron chi connectivity index (χ4n) is 5.67. The van der Waals surface area contributed by atoms with E-state index >= 15 is 4.39 Å². The molecule has 1 amide bonds. The summed E-state index contributed by atoms with van der Waals surface area (Å²) in [5, 5.41) is 9.88. The van der Waals surface area contributed by atoms with Gasteiger partial charge in [0.15, 0.2) is 17.3 Å². The van der Waals surface area contributed by atoms with Crippen molar-refractivity contribution in [1.82, 2.24) is 29.8 Å². The molecule has 0 saturated carbocycles. The third-order valence-corrected chi connectivity index (χ3v) is 8.08. The van der Waals surface area contributed by atoms with Crippen molar-refractivity contribution in [3.63, 3.8) is 0 Å². The summed E-state index contributed by atoms with van der Waals surface area (Å²) in [5.41, 5.74) is 1.63. The minimum absolute atomic E-state index is 0.0147. The standard InChI is InChI=1S/C30H36FN7O3/c1-17(2)37-8-5-19(6-9-37)30-33-14-25(41-30)24-15-38-28(36-27(24)35-21-7-10-40-16-21)23(13-34-38)22-12-20(29(39)32-4)11-18(3)26(22)31/h11-15,17,19,21H,5-10,16H2,1-4H3,(H,32,39)(H,35,36)/t21-/m0/s1/i4D3. The van der Waals surface area contributed by atoms with Gasteiger partial charge in [0.1, 0.15) is 11.6 Å². The summed E-state index contributed by atoms with van der Waals surface area (Å²) < 4.78 is 51.1. The predicted molar refractivity (Wildman–Crippen MR) is 154 cm³/mol. The Kier molecular flexibility index (Phi) is 6.52. The molecular weight excluding hydrogens is 525 g/mol. The monoisotopic (exact) mass is 564 g/mol. The molecule has 216 valence electrons. The molecule has 2 saturated heterocycles. The van der Waals surface area contributed by atoms with Crippen LogP contribution in [0.3, 0.4) is 0 Å². The van der Waals surface area contributed by atoms with Crippen LogP contribution >= 0.6 is 0 Å². The zero-order valence-electron chi connectivity index (χ0n) is 26.4. The number of anilines is 1. The van der Waals surface area contributed by atoms with Crippen molar-refractivity contribution in [1.29, 1.82) is 0 Å². The number of carbonyl (C=O) groups excluding carboxylic acids is 1. The van der Waals surface area contributed by atoms with Gasteiger partial charge in [-0.3, -0.25) is 4.79 Å². The molecule has 2 N–H and O–H groups in total. The second-order valence-corrected chi connectivity index (χ2v) is 11.1. The number of aromatic nitrogens is 4. The summed E-state index contributed by atoms with van der Waals surface area (Å²) in [6, 6.07) is 3.16. The molecule has 0 spiro atoms. The van der Waals surface area contributed by atoms with E-state index < -0.39 is 18.7 Å². The number of aryl methyl sites for hydroxylation is 1. The molecule has 0 aliphatic carbocycles. The first kappa shape index (κ1) is 23.8. The maximum atomic E-state index is 15.5. The van der Waals surface area contributed by atoms with Gasteiger partial charge in [-0.15, -0.1) is 0 Å². The Morgan fingerprint density at radius 2 is 2.00 bits per heavy atom. The number of hydrogen-bond donors (Lipinski definition) is 2. The van der Waals surface area contributed by atoms with E-state index in [2.05, 4.69) is 34.1 Å². The van der Waals surface area contributed by atoms with Crippen LogP contribution in [0.15, 0.2) is 35.1 Å². The number of amides is 1. The Bertz CT molecular complexity index is 1670. The first-order valence-electron chi connectivity index (χ1n) is 15.5. The lowest BCUT2D eigenvalue weighted by atomic mass is 9.96. The molecule has 2 fully saturated rings. The number of piperidine rings is 1. The van der Waals surface area contributed by atoms with Crippen LogP contribution in [0.5, 0.6) is 0 Å². The number of likely N-dealkylation sites (tertiary alicyclic amines) is 1. The van der Waals surface area contributed by atoms with E-state index in [0.717, 1.165) is 32.4 Å². The SMILES string of the molecule is [2H]C([2H])([2H])NC(=O)c1cc(C)c(F)c(-c2cnn3cc(-c4cnc(C5CCN(C(C)C)CC5)o4)c(N[C@H]4CCOC4)nc23)c1. The van der Waals surface area contributed by atoms with Gasteiger partial charge < -0.3 is 24.7 Å². The summed E-state index contributed by atoms with van der Waals surface area (Å²) in [6.07, 6.45) is 7.69. The summed E-state index contributed by atoms with van der Waals surface area (Å²) >= 11 is 0. The zero-order chi connectivity index (χ0) is 31.2. The highest BCUT2D eigenvalue weighted by atomic mass is 19.1. The Morgan fingerprint density at radius 1 is 1.17 bits per heavy atom. The van der Waals surface area contributed by atoms with Crippen LogP contribution in [-0.4, -0.2) is 75.8 Å². The fourth-order valence-corrected chi connectivity index (χ4v) is 5.67. The van der Waals surface area contributed by atoms with E-state index in [9.17, 15) is 4.79 Å². The quantitative estimate of drug-likeness (QED) is 0.334. The van der Waals surface area contributed by atoms with Gasteiger partial charge in [-0.2, -0.15) is 5.10 Å². The van der Waals surface area contributed by atoms with Gasteiger partial charge in [0.2, 0.25) is 0 Å². The predicted octanol–water partition coefficient (Wildman–Crippen LogP) is 4.65. The molecule has 41 heavy (non-hydrogen) atoms. The van der Waals surface area contributed by atoms with Crippen molar-refractivity contribution >= 4 is 17.4 Å². The van der Waals surface area contributed by atoms with Crippen LogP contribution < -0.4 is 10.6 Å². The van der Waals surface area contributed by atoms with E-state index in [0.29, 0.717) is 53.5 Å². The fraction of sp³-hybridized carbons (Fsp3) is 0.467. The van der Waals surface area contributed by atoms with Gasteiger partial charge >= 0.3 is 0 Å². The van der Waals surface area contributed by atoms with E-state index in [1.165, 1.54) is 29.8 Å². The van der Waals surface area contributed by atoms with Crippen LogP contribution in [0.25, 0.3) is 28.1 Å². The number of benzene rings is 1. The highest BCUT2D eigenvalue weighted by Gasteiger charge is 2.27. The highest BCUT2D eigenvalue weighted by Crippen LogP contribution is 2.36. The topological polar surface area (TPSA) is 110 Å². The van der Waals surface area contributed by atoms with Crippen molar-refractivity contribution in [2.24, 2.45) is 0 Å². The van der Waals surface area contributed by atoms with Crippen LogP contribution in [0.4, 0.5) is 10.2 Å². The summed E-state index contributed by atoms with van der Waals surface area (Å²) in [4.78, 5) is 24.6. The number of fused-ring (bicyclic) bond motifs is 1. The minimum atomic E-state index is -2.68. The third-order valence-electron chi connectivity index (χ3n) is 8.08. The second kappa shape index (κ2) is 11.2. The van der Waals surface area contributed by atoms with Crippen LogP contribution in [0.1, 0.15) is 65.0 Å². The lowest BCUT2D eigenvalue weighted by Gasteiger charge is -2.33. The molecule has 10 nitrogen and oxygen atoms in total. The molecule has 1 aromatic carbocycles. The number of nitrogens with zero attached hydrogens (tertiary/aromatic N) is 5. The molecule has 6 rings (SSSR count). The Balaban J connectivity index is 1.38. The number of rotatable bonds is 7. The first-order chi connectivity index (χ1) is 21.0. The van der Waals surface area contributed by atoms with Crippen molar-refractivity contribution < 1.29 is 22.5 Å².